The molecule has 0 heterocycles. The van der Waals surface area contributed by atoms with Crippen molar-refractivity contribution in [3.63, 3.8) is 0 Å². The third kappa shape index (κ3) is 5.62. The summed E-state index contributed by atoms with van der Waals surface area (Å²) in [7, 11) is -8.19. The summed E-state index contributed by atoms with van der Waals surface area (Å²) in [6, 6.07) is 22.2. The van der Waals surface area contributed by atoms with E-state index in [4.69, 9.17) is 4.18 Å². The van der Waals surface area contributed by atoms with Crippen molar-refractivity contribution in [1.29, 1.82) is 0 Å². The van der Waals surface area contributed by atoms with Gasteiger partial charge in [-0.15, -0.1) is 0 Å². The van der Waals surface area contributed by atoms with Gasteiger partial charge >= 0.3 is 10.1 Å². The predicted molar refractivity (Wildman–Crippen MR) is 129 cm³/mol. The normalized spacial score (nSPS) is 12.0. The Morgan fingerprint density at radius 2 is 1.51 bits per heavy atom. The summed E-state index contributed by atoms with van der Waals surface area (Å²) >= 11 is 0. The summed E-state index contributed by atoms with van der Waals surface area (Å²) in [5.41, 5.74) is 0.0821. The zero-order chi connectivity index (χ0) is 25.1. The largest absolute Gasteiger partial charge is 0.379 e. The highest BCUT2D eigenvalue weighted by Gasteiger charge is 2.20. The molecule has 10 nitrogen and oxygen atoms in total. The van der Waals surface area contributed by atoms with Crippen LogP contribution < -0.4 is 9.01 Å². The van der Waals surface area contributed by atoms with Crippen LogP contribution >= 0.6 is 0 Å². The van der Waals surface area contributed by atoms with Crippen LogP contribution in [0, 0.1) is 10.1 Å². The Kier molecular flexibility index (Phi) is 6.49. The summed E-state index contributed by atoms with van der Waals surface area (Å²) in [6.45, 7) is 0. The van der Waals surface area contributed by atoms with Crippen molar-refractivity contribution in [1.82, 2.24) is 4.83 Å². The number of nitrogens with zero attached hydrogens (tertiary/aromatic N) is 2. The van der Waals surface area contributed by atoms with Gasteiger partial charge in [-0.05, 0) is 58.8 Å². The highest BCUT2D eigenvalue weighted by atomic mass is 32.2. The van der Waals surface area contributed by atoms with Crippen molar-refractivity contribution in [2.24, 2.45) is 5.10 Å². The number of sulfonamides is 1. The fourth-order valence-corrected chi connectivity index (χ4v) is 4.89. The molecule has 12 heteroatoms. The highest BCUT2D eigenvalue weighted by molar-refractivity contribution is 7.89. The second kappa shape index (κ2) is 9.52. The summed E-state index contributed by atoms with van der Waals surface area (Å²) in [4.78, 5) is 12.0. The van der Waals surface area contributed by atoms with Crippen molar-refractivity contribution in [2.75, 3.05) is 0 Å². The van der Waals surface area contributed by atoms with Gasteiger partial charge in [-0.3, -0.25) is 10.1 Å². The number of benzene rings is 4. The molecule has 0 fully saturated rings. The van der Waals surface area contributed by atoms with Crippen molar-refractivity contribution < 1.29 is 25.9 Å². The van der Waals surface area contributed by atoms with E-state index in [2.05, 4.69) is 9.93 Å². The Morgan fingerprint density at radius 1 is 0.800 bits per heavy atom. The number of rotatable bonds is 8. The molecule has 0 amide bonds. The molecule has 35 heavy (non-hydrogen) atoms. The first-order valence-electron chi connectivity index (χ1n) is 9.97. The number of hydrazone groups is 1. The maximum atomic E-state index is 12.5. The fourth-order valence-electron chi connectivity index (χ4n) is 3.09. The number of nitrogens with one attached hydrogen (secondary N) is 1. The minimum absolute atomic E-state index is 0.0367. The van der Waals surface area contributed by atoms with E-state index in [1.54, 1.807) is 18.2 Å². The molecule has 0 aliphatic rings. The van der Waals surface area contributed by atoms with Crippen molar-refractivity contribution >= 4 is 42.8 Å². The Morgan fingerprint density at radius 3 is 2.23 bits per heavy atom. The molecule has 0 aliphatic carbocycles. The summed E-state index contributed by atoms with van der Waals surface area (Å²) in [6.07, 6.45) is 1.25. The van der Waals surface area contributed by atoms with Gasteiger partial charge in [0, 0.05) is 12.1 Å². The minimum atomic E-state index is -4.29. The van der Waals surface area contributed by atoms with Crippen LogP contribution in [0.1, 0.15) is 5.56 Å². The first-order chi connectivity index (χ1) is 16.6. The molecule has 0 bridgehead atoms. The first-order valence-corrected chi connectivity index (χ1v) is 12.9. The average molecular weight is 512 g/mol. The van der Waals surface area contributed by atoms with E-state index < -0.39 is 25.1 Å². The molecule has 0 atom stereocenters. The zero-order valence-corrected chi connectivity index (χ0v) is 19.4. The Hall–Kier alpha value is -4.29. The SMILES string of the molecule is O=[N+]([O-])c1cccc(S(=O)(=O)Oc2ccc(/C=N/NS(=O)(=O)c3ccc4ccccc4c3)cc2)c1. The average Bonchev–Trinajstić information content (AvgIpc) is 2.84. The van der Waals surface area contributed by atoms with Crippen molar-refractivity contribution in [3.05, 3.63) is 107 Å². The molecule has 0 radical (unpaired) electrons. The topological polar surface area (TPSA) is 145 Å². The first kappa shape index (κ1) is 23.9. The summed E-state index contributed by atoms with van der Waals surface area (Å²) in [5.74, 6) is -0.0367. The second-order valence-corrected chi connectivity index (χ2v) is 10.4. The number of hydrogen-bond acceptors (Lipinski definition) is 8. The Balaban J connectivity index is 1.43. The number of nitro groups is 1. The molecule has 4 aromatic carbocycles. The van der Waals surface area contributed by atoms with Gasteiger partial charge in [-0.2, -0.15) is 21.9 Å². The van der Waals surface area contributed by atoms with E-state index in [0.717, 1.165) is 16.8 Å². The number of hydrogen-bond donors (Lipinski definition) is 1. The molecule has 0 spiro atoms. The van der Waals surface area contributed by atoms with Gasteiger partial charge in [0.2, 0.25) is 0 Å². The lowest BCUT2D eigenvalue weighted by Gasteiger charge is -2.07. The van der Waals surface area contributed by atoms with Gasteiger partial charge in [0.15, 0.2) is 0 Å². The van der Waals surface area contributed by atoms with Crippen LogP contribution in [-0.4, -0.2) is 28.0 Å². The third-order valence-corrected chi connectivity index (χ3v) is 7.28. The number of fused-ring (bicyclic) bond motifs is 1. The number of nitro benzene ring substituents is 1. The quantitative estimate of drug-likeness (QED) is 0.164. The maximum Gasteiger partial charge on any atom is 0.339 e. The summed E-state index contributed by atoms with van der Waals surface area (Å²) < 4.78 is 54.9. The van der Waals surface area contributed by atoms with Gasteiger partial charge < -0.3 is 4.18 Å². The van der Waals surface area contributed by atoms with Gasteiger partial charge in [0.1, 0.15) is 10.6 Å². The molecule has 4 aromatic rings. The van der Waals surface area contributed by atoms with Crippen molar-refractivity contribution in [3.8, 4) is 5.75 Å². The highest BCUT2D eigenvalue weighted by Crippen LogP contribution is 2.22. The van der Waals surface area contributed by atoms with Gasteiger partial charge in [-0.1, -0.05) is 36.4 Å². The molecule has 1 N–H and O–H groups in total. The smallest absolute Gasteiger partial charge is 0.339 e. The fraction of sp³-hybridized carbons (Fsp3) is 0. The second-order valence-electron chi connectivity index (χ2n) is 7.22. The lowest BCUT2D eigenvalue weighted by molar-refractivity contribution is -0.385. The predicted octanol–water partition coefficient (Wildman–Crippen LogP) is 3.83. The Labute approximate surface area is 200 Å². The standard InChI is InChI=1S/C23H17N3O7S2/c27-26(28)20-6-3-7-23(15-20)35(31,32)33-21-11-8-17(9-12-21)16-24-25-34(29,30)22-13-10-18-4-1-2-5-19(18)14-22/h1-16,25H/b24-16+. The van der Waals surface area contributed by atoms with E-state index in [9.17, 15) is 26.9 Å². The van der Waals surface area contributed by atoms with Crippen LogP contribution in [0.25, 0.3) is 10.8 Å². The van der Waals surface area contributed by atoms with E-state index >= 15 is 0 Å². The van der Waals surface area contributed by atoms with E-state index in [-0.39, 0.29) is 21.2 Å². The van der Waals surface area contributed by atoms with Gasteiger partial charge in [0.05, 0.1) is 16.0 Å². The molecule has 0 saturated carbocycles. The Bertz CT molecular complexity index is 1650. The van der Waals surface area contributed by atoms with Gasteiger partial charge in [-0.25, -0.2) is 4.83 Å². The van der Waals surface area contributed by atoms with Crippen LogP contribution in [-0.2, 0) is 20.1 Å². The van der Waals surface area contributed by atoms with Crippen LogP contribution in [0.15, 0.2) is 106 Å². The minimum Gasteiger partial charge on any atom is -0.379 e. The van der Waals surface area contributed by atoms with E-state index in [1.165, 1.54) is 54.7 Å². The molecular weight excluding hydrogens is 494 g/mol. The van der Waals surface area contributed by atoms with Crippen LogP contribution in [0.3, 0.4) is 0 Å². The number of non-ortho nitro benzene ring substituents is 1. The molecule has 4 rings (SSSR count). The molecule has 0 aliphatic heterocycles. The monoisotopic (exact) mass is 511 g/mol. The third-order valence-electron chi connectivity index (χ3n) is 4.82. The summed E-state index contributed by atoms with van der Waals surface area (Å²) in [5, 5.41) is 16.3. The van der Waals surface area contributed by atoms with Crippen LogP contribution in [0.5, 0.6) is 5.75 Å². The van der Waals surface area contributed by atoms with Crippen LogP contribution in [0.2, 0.25) is 0 Å². The molecule has 178 valence electrons. The van der Waals surface area contributed by atoms with Gasteiger partial charge in [0.25, 0.3) is 15.7 Å². The molecule has 0 aromatic heterocycles. The van der Waals surface area contributed by atoms with Crippen molar-refractivity contribution in [2.45, 2.75) is 9.79 Å². The zero-order valence-electron chi connectivity index (χ0n) is 17.8. The molecule has 0 saturated heterocycles. The van der Waals surface area contributed by atoms with Crippen LogP contribution in [0.4, 0.5) is 5.69 Å². The van der Waals surface area contributed by atoms with E-state index in [1.807, 2.05) is 18.2 Å². The molecule has 0 unspecified atom stereocenters. The lowest BCUT2D eigenvalue weighted by Crippen LogP contribution is -2.18. The van der Waals surface area contributed by atoms with E-state index in [0.29, 0.717) is 5.56 Å². The maximum absolute atomic E-state index is 12.5. The molecular formula is C23H17N3O7S2. The lowest BCUT2D eigenvalue weighted by atomic mass is 10.1.